The van der Waals surface area contributed by atoms with E-state index in [0.717, 1.165) is 16.9 Å². The van der Waals surface area contributed by atoms with E-state index in [0.29, 0.717) is 50.5 Å². The van der Waals surface area contributed by atoms with E-state index in [1.807, 2.05) is 45.0 Å². The van der Waals surface area contributed by atoms with Gasteiger partial charge in [-0.2, -0.15) is 4.98 Å². The van der Waals surface area contributed by atoms with Gasteiger partial charge in [-0.15, -0.1) is 5.10 Å². The fourth-order valence-corrected chi connectivity index (χ4v) is 5.00. The van der Waals surface area contributed by atoms with Crippen LogP contribution in [-0.4, -0.2) is 39.7 Å². The third kappa shape index (κ3) is 6.11. The second-order valence-corrected chi connectivity index (χ2v) is 10.3. The summed E-state index contributed by atoms with van der Waals surface area (Å²) >= 11 is 13.8. The van der Waals surface area contributed by atoms with Gasteiger partial charge in [0.2, 0.25) is 11.1 Å². The van der Waals surface area contributed by atoms with Crippen LogP contribution in [0.5, 0.6) is 11.5 Å². The Morgan fingerprint density at radius 3 is 2.71 bits per heavy atom. The van der Waals surface area contributed by atoms with Gasteiger partial charge in [-0.25, -0.2) is 9.48 Å². The molecule has 0 spiro atoms. The van der Waals surface area contributed by atoms with Crippen LogP contribution >= 0.6 is 35.0 Å². The number of allylic oxidation sites excluding steroid dienone is 1. The summed E-state index contributed by atoms with van der Waals surface area (Å²) in [7, 11) is 0. The summed E-state index contributed by atoms with van der Waals surface area (Å²) in [5, 5.41) is 9.56. The number of esters is 1. The van der Waals surface area contributed by atoms with E-state index >= 15 is 0 Å². The van der Waals surface area contributed by atoms with Crippen molar-refractivity contribution in [2.45, 2.75) is 38.6 Å². The number of fused-ring (bicyclic) bond motifs is 1. The molecular weight excluding hydrogens is 547 g/mol. The minimum absolute atomic E-state index is 0.0910. The highest BCUT2D eigenvalue weighted by Gasteiger charge is 2.35. The second-order valence-electron chi connectivity index (χ2n) is 8.21. The van der Waals surface area contributed by atoms with Crippen LogP contribution < -0.4 is 14.8 Å². The first-order chi connectivity index (χ1) is 18.4. The monoisotopic (exact) mass is 574 g/mol. The van der Waals surface area contributed by atoms with Crippen molar-refractivity contribution in [1.29, 1.82) is 0 Å². The third-order valence-electron chi connectivity index (χ3n) is 5.64. The Bertz CT molecular complexity index is 1380. The summed E-state index contributed by atoms with van der Waals surface area (Å²) in [4.78, 5) is 17.8. The molecule has 0 aliphatic carbocycles. The number of nitrogens with zero attached hydrogens (tertiary/aromatic N) is 3. The number of aromatic nitrogens is 3. The summed E-state index contributed by atoms with van der Waals surface area (Å²) in [6.45, 7) is 10.1. The molecule has 0 saturated carbocycles. The molecule has 0 radical (unpaired) electrons. The van der Waals surface area contributed by atoms with Gasteiger partial charge in [-0.05, 0) is 49.4 Å². The fourth-order valence-electron chi connectivity index (χ4n) is 3.98. The van der Waals surface area contributed by atoms with Crippen LogP contribution in [0.2, 0.25) is 10.0 Å². The first-order valence-electron chi connectivity index (χ1n) is 12.0. The fraction of sp³-hybridized carbons (Fsp3) is 0.296. The van der Waals surface area contributed by atoms with E-state index in [2.05, 4.69) is 22.0 Å². The number of benzene rings is 2. The number of rotatable bonds is 11. The molecule has 1 atom stereocenters. The lowest BCUT2D eigenvalue weighted by molar-refractivity contribution is -0.138. The van der Waals surface area contributed by atoms with Gasteiger partial charge in [0.1, 0.15) is 19.3 Å². The number of hydrogen-bond acceptors (Lipinski definition) is 8. The van der Waals surface area contributed by atoms with Crippen LogP contribution in [-0.2, 0) is 16.1 Å². The number of anilines is 1. The van der Waals surface area contributed by atoms with E-state index in [4.69, 9.17) is 37.4 Å². The number of ether oxygens (including phenoxy) is 3. The summed E-state index contributed by atoms with van der Waals surface area (Å²) in [6, 6.07) is 10.2. The quantitative estimate of drug-likeness (QED) is 0.154. The lowest BCUT2D eigenvalue weighted by atomic mass is 9.95. The van der Waals surface area contributed by atoms with E-state index in [1.165, 1.54) is 17.8 Å². The zero-order chi connectivity index (χ0) is 27.2. The molecule has 8 nitrogen and oxygen atoms in total. The molecule has 3 aromatic rings. The van der Waals surface area contributed by atoms with Crippen LogP contribution in [0.3, 0.4) is 0 Å². The summed E-state index contributed by atoms with van der Waals surface area (Å²) in [5.41, 5.74) is 2.60. The molecule has 2 aromatic carbocycles. The molecule has 0 bridgehead atoms. The van der Waals surface area contributed by atoms with Gasteiger partial charge >= 0.3 is 5.97 Å². The van der Waals surface area contributed by atoms with Crippen molar-refractivity contribution in [3.05, 3.63) is 81.5 Å². The second kappa shape index (κ2) is 12.6. The summed E-state index contributed by atoms with van der Waals surface area (Å²) in [6.07, 6.45) is 1.53. The lowest BCUT2D eigenvalue weighted by Crippen LogP contribution is -2.29. The maximum Gasteiger partial charge on any atom is 0.338 e. The number of thioether (sulfide) groups is 1. The molecule has 4 rings (SSSR count). The number of hydrogen-bond donors (Lipinski definition) is 1. The smallest absolute Gasteiger partial charge is 0.338 e. The first-order valence-corrected chi connectivity index (χ1v) is 13.8. The average molecular weight is 576 g/mol. The maximum atomic E-state index is 13.2. The van der Waals surface area contributed by atoms with Crippen molar-refractivity contribution in [3.8, 4) is 11.5 Å². The predicted molar refractivity (Wildman–Crippen MR) is 150 cm³/mol. The Kier molecular flexibility index (Phi) is 9.25. The van der Waals surface area contributed by atoms with Crippen molar-refractivity contribution in [3.63, 3.8) is 0 Å². The number of carbonyl (C=O) groups is 1. The first kappa shape index (κ1) is 27.9. The largest absolute Gasteiger partial charge is 0.490 e. The Morgan fingerprint density at radius 1 is 1.18 bits per heavy atom. The molecular formula is C27H28Cl2N4O4S. The lowest BCUT2D eigenvalue weighted by Gasteiger charge is -2.28. The molecule has 200 valence electrons. The molecule has 1 aromatic heterocycles. The Balaban J connectivity index is 1.73. The van der Waals surface area contributed by atoms with Gasteiger partial charge in [-0.3, -0.25) is 0 Å². The van der Waals surface area contributed by atoms with Crippen LogP contribution in [0, 0.1) is 0 Å². The predicted octanol–water partition coefficient (Wildman–Crippen LogP) is 6.69. The number of carbonyl (C=O) groups excluding carboxylic acids is 1. The molecule has 0 saturated heterocycles. The topological polar surface area (TPSA) is 87.5 Å². The van der Waals surface area contributed by atoms with E-state index in [9.17, 15) is 4.79 Å². The van der Waals surface area contributed by atoms with Gasteiger partial charge in [0, 0.05) is 21.3 Å². The number of halogens is 2. The van der Waals surface area contributed by atoms with Gasteiger partial charge in [0.25, 0.3) is 0 Å². The molecule has 38 heavy (non-hydrogen) atoms. The van der Waals surface area contributed by atoms with Crippen molar-refractivity contribution in [2.75, 3.05) is 24.3 Å². The van der Waals surface area contributed by atoms with Gasteiger partial charge in [-0.1, -0.05) is 66.7 Å². The van der Waals surface area contributed by atoms with E-state index in [1.54, 1.807) is 16.8 Å². The molecule has 1 aliphatic rings. The Labute approximate surface area is 236 Å². The van der Waals surface area contributed by atoms with Gasteiger partial charge in [0.15, 0.2) is 11.5 Å². The highest BCUT2D eigenvalue weighted by Crippen LogP contribution is 2.40. The van der Waals surface area contributed by atoms with E-state index in [-0.39, 0.29) is 13.2 Å². The van der Waals surface area contributed by atoms with Crippen molar-refractivity contribution >= 4 is 46.9 Å². The maximum absolute atomic E-state index is 13.2. The Morgan fingerprint density at radius 2 is 2.00 bits per heavy atom. The molecule has 11 heteroatoms. The summed E-state index contributed by atoms with van der Waals surface area (Å²) in [5.74, 6) is 1.94. The van der Waals surface area contributed by atoms with Crippen molar-refractivity contribution < 1.29 is 19.0 Å². The minimum atomic E-state index is -0.596. The SMILES string of the molecule is C=CCOC(=O)C1=C(C)Nc2nc(SCC)nn2C1c1ccc(OCc2ccc(Cl)cc2Cl)c(OCC)c1. The molecule has 0 amide bonds. The van der Waals surface area contributed by atoms with Crippen LogP contribution in [0.4, 0.5) is 5.95 Å². The average Bonchev–Trinajstić information content (AvgIpc) is 3.28. The molecule has 1 aliphatic heterocycles. The van der Waals surface area contributed by atoms with E-state index < -0.39 is 12.0 Å². The molecule has 1 unspecified atom stereocenters. The standard InChI is InChI=1S/C27H28Cl2N4O4S/c1-5-12-36-25(34)23-16(4)30-26-31-27(38-7-3)32-33(26)24(23)17-9-11-21(22(13-17)35-6-2)37-15-18-8-10-19(28)14-20(18)29/h5,8-11,13-14,24H,1,6-7,12,15H2,2-4H3,(H,30,31,32). The molecule has 0 fully saturated rings. The minimum Gasteiger partial charge on any atom is -0.490 e. The van der Waals surface area contributed by atoms with Crippen LogP contribution in [0.15, 0.2) is 65.5 Å². The summed E-state index contributed by atoms with van der Waals surface area (Å²) < 4.78 is 19.1. The highest BCUT2D eigenvalue weighted by molar-refractivity contribution is 7.99. The van der Waals surface area contributed by atoms with Crippen LogP contribution in [0.1, 0.15) is 37.9 Å². The third-order valence-corrected chi connectivity index (χ3v) is 6.95. The zero-order valence-electron chi connectivity index (χ0n) is 21.3. The number of nitrogens with one attached hydrogen (secondary N) is 1. The highest BCUT2D eigenvalue weighted by atomic mass is 35.5. The van der Waals surface area contributed by atoms with Crippen molar-refractivity contribution in [2.24, 2.45) is 0 Å². The van der Waals surface area contributed by atoms with Crippen molar-refractivity contribution in [1.82, 2.24) is 14.8 Å². The Hall–Kier alpha value is -3.14. The van der Waals surface area contributed by atoms with Crippen LogP contribution in [0.25, 0.3) is 0 Å². The normalized spacial score (nSPS) is 14.5. The zero-order valence-corrected chi connectivity index (χ0v) is 23.6. The van der Waals surface area contributed by atoms with Gasteiger partial charge in [0.05, 0.1) is 12.2 Å². The molecule has 2 heterocycles. The molecule has 1 N–H and O–H groups in total. The van der Waals surface area contributed by atoms with Gasteiger partial charge < -0.3 is 19.5 Å².